The van der Waals surface area contributed by atoms with E-state index in [2.05, 4.69) is 13.8 Å². The van der Waals surface area contributed by atoms with Gasteiger partial charge in [-0.25, -0.2) is 0 Å². The molecular formula is C31H43NO4. The van der Waals surface area contributed by atoms with E-state index in [1.807, 2.05) is 53.1 Å². The van der Waals surface area contributed by atoms with Gasteiger partial charge in [-0.3, -0.25) is 4.79 Å². The van der Waals surface area contributed by atoms with Crippen molar-refractivity contribution in [2.45, 2.75) is 91.2 Å². The normalized spacial score (nSPS) is 11.1. The molecule has 1 heterocycles. The van der Waals surface area contributed by atoms with Crippen molar-refractivity contribution in [1.82, 2.24) is 4.57 Å². The first-order valence-electron chi connectivity index (χ1n) is 13.7. The minimum Gasteiger partial charge on any atom is -0.497 e. The van der Waals surface area contributed by atoms with Crippen molar-refractivity contribution < 1.29 is 14.2 Å². The molecule has 0 aliphatic heterocycles. The second-order valence-electron chi connectivity index (χ2n) is 9.45. The molecule has 0 saturated heterocycles. The summed E-state index contributed by atoms with van der Waals surface area (Å²) in [7, 11) is 1.65. The molecule has 2 aromatic carbocycles. The van der Waals surface area contributed by atoms with Crippen molar-refractivity contribution in [2.24, 2.45) is 0 Å². The number of unbranched alkanes of at least 4 members (excludes halogenated alkanes) is 8. The van der Waals surface area contributed by atoms with Crippen molar-refractivity contribution in [1.29, 1.82) is 0 Å². The number of hydrogen-bond acceptors (Lipinski definition) is 4. The Kier molecular flexibility index (Phi) is 11.7. The average Bonchev–Trinajstić information content (AvgIpc) is 2.91. The van der Waals surface area contributed by atoms with Crippen LogP contribution in [0.1, 0.15) is 83.6 Å². The molecule has 1 aromatic heterocycles. The second kappa shape index (κ2) is 15.2. The fourth-order valence-electron chi connectivity index (χ4n) is 4.48. The Bertz CT molecular complexity index is 1110. The highest BCUT2D eigenvalue weighted by molar-refractivity contribution is 5.89. The molecule has 5 nitrogen and oxygen atoms in total. The third-order valence-electron chi connectivity index (χ3n) is 6.59. The van der Waals surface area contributed by atoms with Crippen LogP contribution in [-0.2, 0) is 13.2 Å². The van der Waals surface area contributed by atoms with Gasteiger partial charge in [0.25, 0.3) is 5.56 Å². The summed E-state index contributed by atoms with van der Waals surface area (Å²) in [5.41, 5.74) is 1.75. The van der Waals surface area contributed by atoms with Crippen molar-refractivity contribution in [2.75, 3.05) is 13.7 Å². The summed E-state index contributed by atoms with van der Waals surface area (Å²) >= 11 is 0. The van der Waals surface area contributed by atoms with Crippen LogP contribution in [0.4, 0.5) is 0 Å². The van der Waals surface area contributed by atoms with Crippen molar-refractivity contribution >= 4 is 10.9 Å². The summed E-state index contributed by atoms with van der Waals surface area (Å²) < 4.78 is 19.9. The van der Waals surface area contributed by atoms with E-state index in [4.69, 9.17) is 14.2 Å². The van der Waals surface area contributed by atoms with E-state index in [1.165, 1.54) is 25.7 Å². The molecule has 0 saturated carbocycles. The summed E-state index contributed by atoms with van der Waals surface area (Å²) in [4.78, 5) is 13.8. The van der Waals surface area contributed by atoms with Crippen LogP contribution in [-0.4, -0.2) is 18.3 Å². The van der Waals surface area contributed by atoms with E-state index in [0.717, 1.165) is 60.7 Å². The Morgan fingerprint density at radius 3 is 2.17 bits per heavy atom. The molecule has 36 heavy (non-hydrogen) atoms. The van der Waals surface area contributed by atoms with Crippen molar-refractivity contribution in [3.05, 3.63) is 64.4 Å². The lowest BCUT2D eigenvalue weighted by molar-refractivity contribution is 0.255. The smallest absolute Gasteiger partial charge is 0.297 e. The van der Waals surface area contributed by atoms with Crippen molar-refractivity contribution in [3.8, 4) is 17.2 Å². The molecule has 0 bridgehead atoms. The molecule has 5 heteroatoms. The topological polar surface area (TPSA) is 49.7 Å². The Labute approximate surface area is 216 Å². The second-order valence-corrected chi connectivity index (χ2v) is 9.45. The molecule has 0 fully saturated rings. The van der Waals surface area contributed by atoms with Crippen LogP contribution in [0.2, 0.25) is 0 Å². The maximum absolute atomic E-state index is 13.8. The number of methoxy groups -OCH3 is 1. The Balaban J connectivity index is 1.94. The van der Waals surface area contributed by atoms with Crippen molar-refractivity contribution in [3.63, 3.8) is 0 Å². The van der Waals surface area contributed by atoms with Gasteiger partial charge < -0.3 is 18.8 Å². The van der Waals surface area contributed by atoms with Gasteiger partial charge in [0, 0.05) is 18.0 Å². The Hall–Kier alpha value is -2.95. The number of ether oxygens (including phenoxy) is 3. The van der Waals surface area contributed by atoms with E-state index in [9.17, 15) is 4.79 Å². The maximum Gasteiger partial charge on any atom is 0.297 e. The zero-order chi connectivity index (χ0) is 25.6. The molecule has 3 aromatic rings. The van der Waals surface area contributed by atoms with E-state index >= 15 is 0 Å². The number of hydrogen-bond donors (Lipinski definition) is 0. The number of nitrogens with zero attached hydrogens (tertiary/aromatic N) is 1. The molecule has 0 atom stereocenters. The lowest BCUT2D eigenvalue weighted by Crippen LogP contribution is -2.24. The summed E-state index contributed by atoms with van der Waals surface area (Å²) in [5, 5.41) is 0.875. The molecule has 0 aliphatic rings. The van der Waals surface area contributed by atoms with Crippen LogP contribution in [0.5, 0.6) is 17.2 Å². The SMILES string of the molecule is CCCCCCCCOc1c(OCc2ccccc2)c2ccc(OC)cc2n(CCCCCC)c1=O. The van der Waals surface area contributed by atoms with Gasteiger partial charge >= 0.3 is 0 Å². The van der Waals surface area contributed by atoms with Gasteiger partial charge in [-0.1, -0.05) is 95.5 Å². The van der Waals surface area contributed by atoms with Crippen LogP contribution in [0.3, 0.4) is 0 Å². The van der Waals surface area contributed by atoms with Crippen LogP contribution in [0.25, 0.3) is 10.9 Å². The summed E-state index contributed by atoms with van der Waals surface area (Å²) in [6, 6.07) is 15.9. The summed E-state index contributed by atoms with van der Waals surface area (Å²) in [5.74, 6) is 1.57. The quantitative estimate of drug-likeness (QED) is 0.179. The predicted octanol–water partition coefficient (Wildman–Crippen LogP) is 7.91. The highest BCUT2D eigenvalue weighted by atomic mass is 16.5. The van der Waals surface area contributed by atoms with Gasteiger partial charge in [0.05, 0.1) is 19.2 Å². The third-order valence-corrected chi connectivity index (χ3v) is 6.59. The first kappa shape index (κ1) is 27.6. The molecule has 0 amide bonds. The highest BCUT2D eigenvalue weighted by Crippen LogP contribution is 2.35. The molecule has 0 N–H and O–H groups in total. The van der Waals surface area contributed by atoms with Gasteiger partial charge in [-0.05, 0) is 30.5 Å². The van der Waals surface area contributed by atoms with E-state index in [1.54, 1.807) is 7.11 Å². The summed E-state index contributed by atoms with van der Waals surface area (Å²) in [6.07, 6.45) is 11.4. The first-order valence-corrected chi connectivity index (χ1v) is 13.7. The van der Waals surface area contributed by atoms with E-state index in [0.29, 0.717) is 31.3 Å². The Morgan fingerprint density at radius 1 is 0.750 bits per heavy atom. The zero-order valence-corrected chi connectivity index (χ0v) is 22.4. The number of aryl methyl sites for hydroxylation is 1. The number of benzene rings is 2. The van der Waals surface area contributed by atoms with Crippen LogP contribution in [0.15, 0.2) is 53.3 Å². The van der Waals surface area contributed by atoms with Gasteiger partial charge in [-0.2, -0.15) is 0 Å². The molecule has 0 spiro atoms. The first-order chi connectivity index (χ1) is 17.7. The van der Waals surface area contributed by atoms with Crippen LogP contribution >= 0.6 is 0 Å². The summed E-state index contributed by atoms with van der Waals surface area (Å²) in [6.45, 7) is 5.95. The lowest BCUT2D eigenvalue weighted by Gasteiger charge is -2.19. The molecule has 196 valence electrons. The fourth-order valence-corrected chi connectivity index (χ4v) is 4.48. The maximum atomic E-state index is 13.8. The molecule has 0 unspecified atom stereocenters. The van der Waals surface area contributed by atoms with Crippen LogP contribution in [0, 0.1) is 0 Å². The molecule has 3 rings (SSSR count). The number of aromatic nitrogens is 1. The molecule has 0 aliphatic carbocycles. The average molecular weight is 494 g/mol. The molecular weight excluding hydrogens is 450 g/mol. The zero-order valence-electron chi connectivity index (χ0n) is 22.4. The Morgan fingerprint density at radius 2 is 1.44 bits per heavy atom. The van der Waals surface area contributed by atoms with Gasteiger partial charge in [0.2, 0.25) is 5.75 Å². The fraction of sp³-hybridized carbons (Fsp3) is 0.516. The number of fused-ring (bicyclic) bond motifs is 1. The monoisotopic (exact) mass is 493 g/mol. The van der Waals surface area contributed by atoms with E-state index in [-0.39, 0.29) is 5.56 Å². The van der Waals surface area contributed by atoms with E-state index < -0.39 is 0 Å². The minimum absolute atomic E-state index is 0.124. The van der Waals surface area contributed by atoms with Gasteiger partial charge in [-0.15, -0.1) is 0 Å². The lowest BCUT2D eigenvalue weighted by atomic mass is 10.1. The molecule has 0 radical (unpaired) electrons. The third kappa shape index (κ3) is 7.78. The number of pyridine rings is 1. The predicted molar refractivity (Wildman–Crippen MR) is 149 cm³/mol. The minimum atomic E-state index is -0.124. The highest BCUT2D eigenvalue weighted by Gasteiger charge is 2.20. The van der Waals surface area contributed by atoms with Gasteiger partial charge in [0.15, 0.2) is 5.75 Å². The number of rotatable bonds is 17. The van der Waals surface area contributed by atoms with Gasteiger partial charge in [0.1, 0.15) is 12.4 Å². The standard InChI is InChI=1S/C31H43NO4/c1-4-6-8-10-11-16-22-35-30-29(36-24-25-17-13-12-14-18-25)27-20-19-26(34-3)23-28(27)32(31(30)33)21-15-9-7-5-2/h12-14,17-20,23H,4-11,15-16,21-22,24H2,1-3H3. The van der Waals surface area contributed by atoms with Crippen LogP contribution < -0.4 is 19.8 Å². The largest absolute Gasteiger partial charge is 0.497 e.